The van der Waals surface area contributed by atoms with Crippen LogP contribution in [-0.2, 0) is 14.8 Å². The normalized spacial score (nSPS) is 16.6. The summed E-state index contributed by atoms with van der Waals surface area (Å²) in [6.45, 7) is 0.420. The molecule has 0 aliphatic carbocycles. The van der Waals surface area contributed by atoms with Crippen molar-refractivity contribution in [3.05, 3.63) is 77.8 Å². The van der Waals surface area contributed by atoms with E-state index in [0.717, 1.165) is 0 Å². The van der Waals surface area contributed by atoms with Crippen LogP contribution in [0.5, 0.6) is 17.2 Å². The van der Waals surface area contributed by atoms with Gasteiger partial charge in [0.05, 0.1) is 28.6 Å². The Morgan fingerprint density at radius 1 is 1.03 bits per heavy atom. The smallest absolute Gasteiger partial charge is 0.243 e. The Bertz CT molecular complexity index is 1270. The number of sulfonamides is 1. The molecule has 34 heavy (non-hydrogen) atoms. The number of hydrogen-bond donors (Lipinski definition) is 1. The van der Waals surface area contributed by atoms with Crippen molar-refractivity contribution in [2.24, 2.45) is 5.92 Å². The molecule has 0 saturated carbocycles. The molecule has 0 bridgehead atoms. The Kier molecular flexibility index (Phi) is 7.41. The summed E-state index contributed by atoms with van der Waals surface area (Å²) in [7, 11) is -2.34. The van der Waals surface area contributed by atoms with Crippen LogP contribution in [-0.4, -0.2) is 38.8 Å². The highest BCUT2D eigenvalue weighted by molar-refractivity contribution is 7.89. The number of piperidine rings is 1. The first kappa shape index (κ1) is 24.1. The third kappa shape index (κ3) is 5.35. The largest absolute Gasteiger partial charge is 0.495 e. The number of carbonyl (C=O) groups is 1. The minimum absolute atomic E-state index is 0.0703. The summed E-state index contributed by atoms with van der Waals surface area (Å²) in [5, 5.41) is 3.13. The van der Waals surface area contributed by atoms with Crippen molar-refractivity contribution in [1.29, 1.82) is 0 Å². The van der Waals surface area contributed by atoms with Crippen molar-refractivity contribution in [2.75, 3.05) is 25.5 Å². The lowest BCUT2D eigenvalue weighted by Gasteiger charge is -2.31. The minimum atomic E-state index is -3.81. The van der Waals surface area contributed by atoms with Crippen LogP contribution >= 0.6 is 11.6 Å². The second kappa shape index (κ2) is 10.5. The lowest BCUT2D eigenvalue weighted by atomic mass is 9.98. The number of rotatable bonds is 7. The van der Waals surface area contributed by atoms with E-state index in [-0.39, 0.29) is 22.4 Å². The summed E-state index contributed by atoms with van der Waals surface area (Å²) in [5.41, 5.74) is 0.526. The Balaban J connectivity index is 1.48. The second-order valence-corrected chi connectivity index (χ2v) is 10.2. The molecule has 1 atom stereocenters. The number of nitrogens with zero attached hydrogens (tertiary/aromatic N) is 1. The van der Waals surface area contributed by atoms with Gasteiger partial charge in [0.15, 0.2) is 5.75 Å². The fourth-order valence-corrected chi connectivity index (χ4v) is 5.71. The average Bonchev–Trinajstić information content (AvgIpc) is 2.86. The van der Waals surface area contributed by atoms with Crippen molar-refractivity contribution < 1.29 is 22.7 Å². The maximum absolute atomic E-state index is 13.2. The van der Waals surface area contributed by atoms with Gasteiger partial charge in [-0.1, -0.05) is 41.9 Å². The van der Waals surface area contributed by atoms with E-state index < -0.39 is 15.9 Å². The number of anilines is 1. The first-order chi connectivity index (χ1) is 16.4. The topological polar surface area (TPSA) is 84.9 Å². The summed E-state index contributed by atoms with van der Waals surface area (Å²) >= 11 is 6.13. The van der Waals surface area contributed by atoms with E-state index in [9.17, 15) is 13.2 Å². The molecule has 178 valence electrons. The standard InChI is InChI=1S/C25H25ClN2O5S/c1-32-23-14-13-20(16-21(23)26)34(30,31)28-15-7-8-18(17-28)25(29)27-22-11-5-6-12-24(22)33-19-9-3-2-4-10-19/h2-6,9-14,16,18H,7-8,15,17H2,1H3,(H,27,29)/t18-/m1/s1. The summed E-state index contributed by atoms with van der Waals surface area (Å²) in [4.78, 5) is 13.2. The Hall–Kier alpha value is -3.07. The molecular formula is C25H25ClN2O5S. The van der Waals surface area contributed by atoms with E-state index in [1.807, 2.05) is 36.4 Å². The summed E-state index contributed by atoms with van der Waals surface area (Å²) in [6.07, 6.45) is 1.16. The van der Waals surface area contributed by atoms with Gasteiger partial charge in [-0.2, -0.15) is 4.31 Å². The van der Waals surface area contributed by atoms with E-state index in [1.165, 1.54) is 29.6 Å². The number of benzene rings is 3. The molecule has 0 spiro atoms. The zero-order valence-corrected chi connectivity index (χ0v) is 20.2. The molecule has 7 nitrogen and oxygen atoms in total. The van der Waals surface area contributed by atoms with Gasteiger partial charge in [-0.25, -0.2) is 8.42 Å². The van der Waals surface area contributed by atoms with Crippen LogP contribution in [0.25, 0.3) is 0 Å². The minimum Gasteiger partial charge on any atom is -0.495 e. The zero-order valence-electron chi connectivity index (χ0n) is 18.6. The molecule has 0 unspecified atom stereocenters. The fourth-order valence-electron chi connectivity index (χ4n) is 3.84. The highest BCUT2D eigenvalue weighted by atomic mass is 35.5. The van der Waals surface area contributed by atoms with Gasteiger partial charge in [-0.05, 0) is 55.3 Å². The van der Waals surface area contributed by atoms with Crippen molar-refractivity contribution in [3.8, 4) is 17.2 Å². The Morgan fingerprint density at radius 3 is 2.50 bits per heavy atom. The molecule has 1 aliphatic rings. The first-order valence-corrected chi connectivity index (χ1v) is 12.7. The number of methoxy groups -OCH3 is 1. The Morgan fingerprint density at radius 2 is 1.76 bits per heavy atom. The summed E-state index contributed by atoms with van der Waals surface area (Å²) in [6, 6.07) is 20.8. The maximum atomic E-state index is 13.2. The SMILES string of the molecule is COc1ccc(S(=O)(=O)N2CCC[C@@H](C(=O)Nc3ccccc3Oc3ccccc3)C2)cc1Cl. The fraction of sp³-hybridized carbons (Fsp3) is 0.240. The van der Waals surface area contributed by atoms with Crippen LogP contribution in [0, 0.1) is 5.92 Å². The van der Waals surface area contributed by atoms with Crippen LogP contribution in [0.3, 0.4) is 0 Å². The van der Waals surface area contributed by atoms with Crippen LogP contribution in [0.1, 0.15) is 12.8 Å². The third-order valence-electron chi connectivity index (χ3n) is 5.63. The number of para-hydroxylation sites is 3. The van der Waals surface area contributed by atoms with Crippen LogP contribution in [0.4, 0.5) is 5.69 Å². The van der Waals surface area contributed by atoms with Crippen molar-refractivity contribution in [2.45, 2.75) is 17.7 Å². The van der Waals surface area contributed by atoms with E-state index in [0.29, 0.717) is 42.3 Å². The number of carbonyl (C=O) groups excluding carboxylic acids is 1. The van der Waals surface area contributed by atoms with E-state index in [1.54, 1.807) is 18.2 Å². The molecule has 1 N–H and O–H groups in total. The van der Waals surface area contributed by atoms with Gasteiger partial charge in [-0.3, -0.25) is 4.79 Å². The zero-order chi connectivity index (χ0) is 24.1. The number of halogens is 1. The molecule has 1 amide bonds. The van der Waals surface area contributed by atoms with E-state index in [2.05, 4.69) is 5.32 Å². The van der Waals surface area contributed by atoms with Gasteiger partial charge in [0.25, 0.3) is 0 Å². The molecule has 3 aromatic rings. The molecule has 1 saturated heterocycles. The molecule has 4 rings (SSSR count). The quantitative estimate of drug-likeness (QED) is 0.483. The van der Waals surface area contributed by atoms with Crippen molar-refractivity contribution in [1.82, 2.24) is 4.31 Å². The van der Waals surface area contributed by atoms with Crippen LogP contribution in [0.15, 0.2) is 77.7 Å². The average molecular weight is 501 g/mol. The van der Waals surface area contributed by atoms with Crippen LogP contribution in [0.2, 0.25) is 5.02 Å². The molecule has 9 heteroatoms. The molecule has 0 radical (unpaired) electrons. The molecule has 1 fully saturated rings. The number of nitrogens with one attached hydrogen (secondary N) is 1. The summed E-state index contributed by atoms with van der Waals surface area (Å²) < 4.78 is 38.8. The van der Waals surface area contributed by atoms with Crippen molar-refractivity contribution in [3.63, 3.8) is 0 Å². The Labute approximate surface area is 204 Å². The predicted molar refractivity (Wildman–Crippen MR) is 131 cm³/mol. The second-order valence-electron chi connectivity index (χ2n) is 7.90. The molecule has 1 heterocycles. The summed E-state index contributed by atoms with van der Waals surface area (Å²) in [5.74, 6) is 0.805. The lowest BCUT2D eigenvalue weighted by molar-refractivity contribution is -0.120. The van der Waals surface area contributed by atoms with Crippen molar-refractivity contribution >= 4 is 33.2 Å². The van der Waals surface area contributed by atoms with Gasteiger partial charge in [-0.15, -0.1) is 0 Å². The highest BCUT2D eigenvalue weighted by Crippen LogP contribution is 2.32. The molecule has 3 aromatic carbocycles. The van der Waals surface area contributed by atoms with E-state index >= 15 is 0 Å². The number of ether oxygens (including phenoxy) is 2. The van der Waals surface area contributed by atoms with Gasteiger partial charge < -0.3 is 14.8 Å². The molecular weight excluding hydrogens is 476 g/mol. The van der Waals surface area contributed by atoms with Gasteiger partial charge >= 0.3 is 0 Å². The van der Waals surface area contributed by atoms with Gasteiger partial charge in [0, 0.05) is 13.1 Å². The predicted octanol–water partition coefficient (Wildman–Crippen LogP) is 5.18. The van der Waals surface area contributed by atoms with Crippen LogP contribution < -0.4 is 14.8 Å². The first-order valence-electron chi connectivity index (χ1n) is 10.8. The molecule has 0 aromatic heterocycles. The van der Waals surface area contributed by atoms with E-state index in [4.69, 9.17) is 21.1 Å². The monoisotopic (exact) mass is 500 g/mol. The van der Waals surface area contributed by atoms with Gasteiger partial charge in [0.2, 0.25) is 15.9 Å². The lowest BCUT2D eigenvalue weighted by Crippen LogP contribution is -2.43. The molecule has 1 aliphatic heterocycles. The number of amides is 1. The highest BCUT2D eigenvalue weighted by Gasteiger charge is 2.34. The number of hydrogen-bond acceptors (Lipinski definition) is 5. The van der Waals surface area contributed by atoms with Gasteiger partial charge in [0.1, 0.15) is 11.5 Å². The third-order valence-corrected chi connectivity index (χ3v) is 7.79. The maximum Gasteiger partial charge on any atom is 0.243 e.